The first-order valence-electron chi connectivity index (χ1n) is 4.15. The largest absolute Gasteiger partial charge is 0.242 e. The highest BCUT2D eigenvalue weighted by Crippen LogP contribution is 2.20. The van der Waals surface area contributed by atoms with Gasteiger partial charge in [0, 0.05) is 5.56 Å². The molecule has 0 aliphatic rings. The first kappa shape index (κ1) is 9.58. The van der Waals surface area contributed by atoms with Gasteiger partial charge in [-0.15, -0.1) is 0 Å². The molecule has 3 heteroatoms. The predicted molar refractivity (Wildman–Crippen MR) is 62.3 cm³/mol. The van der Waals surface area contributed by atoms with Crippen LogP contribution in [0.4, 0.5) is 4.39 Å². The lowest BCUT2D eigenvalue weighted by Crippen LogP contribution is -1.88. The number of aromatic nitrogens is 1. The summed E-state index contributed by atoms with van der Waals surface area (Å²) < 4.78 is 14.2. The molecule has 0 aliphatic carbocycles. The van der Waals surface area contributed by atoms with Gasteiger partial charge in [0.15, 0.2) is 0 Å². The van der Waals surface area contributed by atoms with Gasteiger partial charge in [0.05, 0.1) is 5.69 Å². The summed E-state index contributed by atoms with van der Waals surface area (Å²) in [5.74, 6) is -0.234. The van der Waals surface area contributed by atoms with E-state index >= 15 is 0 Å². The minimum absolute atomic E-state index is 0.234. The van der Waals surface area contributed by atoms with E-state index < -0.39 is 0 Å². The van der Waals surface area contributed by atoms with E-state index in [0.717, 1.165) is 3.70 Å². The molecule has 0 saturated heterocycles. The third kappa shape index (κ3) is 1.92. The number of hydrogen-bond donors (Lipinski definition) is 0. The topological polar surface area (TPSA) is 12.9 Å². The summed E-state index contributed by atoms with van der Waals surface area (Å²) >= 11 is 2.11. The summed E-state index contributed by atoms with van der Waals surface area (Å²) in [6.45, 7) is 0. The van der Waals surface area contributed by atoms with Crippen LogP contribution >= 0.6 is 22.6 Å². The molecule has 0 amide bonds. The second-order valence-corrected chi connectivity index (χ2v) is 3.93. The average Bonchev–Trinajstić information content (AvgIpc) is 2.18. The van der Waals surface area contributed by atoms with Crippen LogP contribution in [-0.2, 0) is 0 Å². The van der Waals surface area contributed by atoms with Crippen molar-refractivity contribution >= 4 is 22.6 Å². The van der Waals surface area contributed by atoms with Crippen LogP contribution in [0.1, 0.15) is 0 Å². The Kier molecular flexibility index (Phi) is 2.77. The maximum absolute atomic E-state index is 13.4. The molecule has 1 heterocycles. The molecule has 0 saturated carbocycles. The van der Waals surface area contributed by atoms with Crippen LogP contribution in [0.2, 0.25) is 0 Å². The molecule has 1 aromatic carbocycles. The Labute approximate surface area is 95.1 Å². The highest BCUT2D eigenvalue weighted by atomic mass is 127. The third-order valence-corrected chi connectivity index (χ3v) is 2.47. The van der Waals surface area contributed by atoms with Gasteiger partial charge >= 0.3 is 0 Å². The fourth-order valence-electron chi connectivity index (χ4n) is 1.23. The number of nitrogens with zero attached hydrogens (tertiary/aromatic N) is 1. The van der Waals surface area contributed by atoms with Crippen LogP contribution in [0, 0.1) is 9.52 Å². The number of hydrogen-bond acceptors (Lipinski definition) is 1. The minimum atomic E-state index is -0.234. The molecule has 0 bridgehead atoms. The molecule has 0 N–H and O–H groups in total. The second kappa shape index (κ2) is 4.04. The minimum Gasteiger partial charge on any atom is -0.242 e. The number of benzene rings is 1. The Morgan fingerprint density at radius 2 is 1.79 bits per heavy atom. The molecule has 0 atom stereocenters. The van der Waals surface area contributed by atoms with Crippen LogP contribution in [0.3, 0.4) is 0 Å². The van der Waals surface area contributed by atoms with Gasteiger partial charge in [-0.1, -0.05) is 18.2 Å². The normalized spacial score (nSPS) is 10.1. The summed E-state index contributed by atoms with van der Waals surface area (Å²) in [6, 6.07) is 12.2. The fraction of sp³-hybridized carbons (Fsp3) is 0. The van der Waals surface area contributed by atoms with E-state index in [4.69, 9.17) is 0 Å². The molecule has 0 fully saturated rings. The molecule has 0 spiro atoms. The van der Waals surface area contributed by atoms with E-state index in [1.54, 1.807) is 24.3 Å². The molecule has 1 aromatic heterocycles. The van der Waals surface area contributed by atoms with E-state index in [2.05, 4.69) is 27.6 Å². The van der Waals surface area contributed by atoms with Crippen molar-refractivity contribution in [2.45, 2.75) is 0 Å². The lowest BCUT2D eigenvalue weighted by molar-refractivity contribution is 0.630. The zero-order valence-corrected chi connectivity index (χ0v) is 9.40. The zero-order valence-electron chi connectivity index (χ0n) is 7.24. The number of pyridine rings is 1. The van der Waals surface area contributed by atoms with Crippen LogP contribution < -0.4 is 0 Å². The van der Waals surface area contributed by atoms with Crippen LogP contribution in [0.5, 0.6) is 0 Å². The highest BCUT2D eigenvalue weighted by molar-refractivity contribution is 14.1. The maximum atomic E-state index is 13.4. The molecule has 0 unspecified atom stereocenters. The van der Waals surface area contributed by atoms with Gasteiger partial charge < -0.3 is 0 Å². The van der Waals surface area contributed by atoms with Gasteiger partial charge in [0.25, 0.3) is 0 Å². The molecule has 14 heavy (non-hydrogen) atoms. The summed E-state index contributed by atoms with van der Waals surface area (Å²) in [4.78, 5) is 4.25. The Hall–Kier alpha value is -0.970. The van der Waals surface area contributed by atoms with Gasteiger partial charge in [-0.2, -0.15) is 0 Å². The van der Waals surface area contributed by atoms with Crippen molar-refractivity contribution in [1.82, 2.24) is 4.98 Å². The quantitative estimate of drug-likeness (QED) is 0.580. The molecular formula is C11H7FIN. The predicted octanol–water partition coefficient (Wildman–Crippen LogP) is 3.49. The van der Waals surface area contributed by atoms with E-state index in [1.807, 2.05) is 12.1 Å². The average molecular weight is 299 g/mol. The maximum Gasteiger partial charge on any atom is 0.132 e. The molecule has 70 valence electrons. The number of halogens is 2. The first-order valence-corrected chi connectivity index (χ1v) is 5.23. The SMILES string of the molecule is Fc1ccccc1-c1cccc(I)n1. The molecular weight excluding hydrogens is 292 g/mol. The van der Waals surface area contributed by atoms with Gasteiger partial charge in [-0.05, 0) is 46.9 Å². The molecule has 1 nitrogen and oxygen atoms in total. The van der Waals surface area contributed by atoms with Crippen molar-refractivity contribution in [1.29, 1.82) is 0 Å². The monoisotopic (exact) mass is 299 g/mol. The van der Waals surface area contributed by atoms with Gasteiger partial charge in [-0.25, -0.2) is 9.37 Å². The van der Waals surface area contributed by atoms with E-state index in [0.29, 0.717) is 11.3 Å². The molecule has 2 aromatic rings. The van der Waals surface area contributed by atoms with Crippen molar-refractivity contribution in [3.8, 4) is 11.3 Å². The third-order valence-electron chi connectivity index (χ3n) is 1.86. The smallest absolute Gasteiger partial charge is 0.132 e. The first-order chi connectivity index (χ1) is 6.77. The van der Waals surface area contributed by atoms with Gasteiger partial charge in [-0.3, -0.25) is 0 Å². The fourth-order valence-corrected chi connectivity index (χ4v) is 1.69. The van der Waals surface area contributed by atoms with Crippen molar-refractivity contribution in [2.24, 2.45) is 0 Å². The van der Waals surface area contributed by atoms with Crippen LogP contribution in [-0.4, -0.2) is 4.98 Å². The molecule has 0 radical (unpaired) electrons. The standard InChI is InChI=1S/C11H7FIN/c12-9-5-2-1-4-8(9)10-6-3-7-11(13)14-10/h1-7H. The summed E-state index contributed by atoms with van der Waals surface area (Å²) in [5, 5.41) is 0. The Balaban J connectivity index is 2.55. The lowest BCUT2D eigenvalue weighted by Gasteiger charge is -2.01. The zero-order chi connectivity index (χ0) is 9.97. The van der Waals surface area contributed by atoms with E-state index in [1.165, 1.54) is 6.07 Å². The van der Waals surface area contributed by atoms with Crippen LogP contribution in [0.15, 0.2) is 42.5 Å². The van der Waals surface area contributed by atoms with Gasteiger partial charge in [0.2, 0.25) is 0 Å². The van der Waals surface area contributed by atoms with Crippen molar-refractivity contribution in [3.63, 3.8) is 0 Å². The lowest BCUT2D eigenvalue weighted by atomic mass is 10.1. The van der Waals surface area contributed by atoms with E-state index in [9.17, 15) is 4.39 Å². The van der Waals surface area contributed by atoms with Crippen LogP contribution in [0.25, 0.3) is 11.3 Å². The summed E-state index contributed by atoms with van der Waals surface area (Å²) in [6.07, 6.45) is 0. The van der Waals surface area contributed by atoms with Gasteiger partial charge in [0.1, 0.15) is 9.52 Å². The summed E-state index contributed by atoms with van der Waals surface area (Å²) in [7, 11) is 0. The van der Waals surface area contributed by atoms with Crippen molar-refractivity contribution in [2.75, 3.05) is 0 Å². The molecule has 2 rings (SSSR count). The molecule has 0 aliphatic heterocycles. The van der Waals surface area contributed by atoms with Crippen molar-refractivity contribution in [3.05, 3.63) is 52.0 Å². The summed E-state index contributed by atoms with van der Waals surface area (Å²) in [5.41, 5.74) is 1.22. The number of rotatable bonds is 1. The highest BCUT2D eigenvalue weighted by Gasteiger charge is 2.04. The van der Waals surface area contributed by atoms with E-state index in [-0.39, 0.29) is 5.82 Å². The Morgan fingerprint density at radius 3 is 2.50 bits per heavy atom. The second-order valence-electron chi connectivity index (χ2n) is 2.83. The Morgan fingerprint density at radius 1 is 1.00 bits per heavy atom. The van der Waals surface area contributed by atoms with Crippen molar-refractivity contribution < 1.29 is 4.39 Å². The Bertz CT molecular complexity index is 457.